The number of hydrogen-bond donors (Lipinski definition) is 0. The van der Waals surface area contributed by atoms with Crippen LogP contribution in [0.5, 0.6) is 0 Å². The number of hydrogen-bond acceptors (Lipinski definition) is 4. The molecule has 2 aromatic rings. The minimum Gasteiger partial charge on any atom is -0.417 e. The van der Waals surface area contributed by atoms with E-state index >= 15 is 0 Å². The summed E-state index contributed by atoms with van der Waals surface area (Å²) < 4.78 is 31.3. The molecule has 0 fully saturated rings. The molecule has 0 spiro atoms. The molecule has 0 bridgehead atoms. The van der Waals surface area contributed by atoms with Gasteiger partial charge in [0.2, 0.25) is 5.89 Å². The highest BCUT2D eigenvalue weighted by atomic mass is 19.3. The van der Waals surface area contributed by atoms with E-state index in [0.29, 0.717) is 0 Å². The summed E-state index contributed by atoms with van der Waals surface area (Å²) in [4.78, 5) is 0. The van der Waals surface area contributed by atoms with Crippen molar-refractivity contribution in [1.82, 2.24) is 20.0 Å². The van der Waals surface area contributed by atoms with Gasteiger partial charge in [0.25, 0.3) is 5.89 Å². The van der Waals surface area contributed by atoms with Crippen molar-refractivity contribution in [3.63, 3.8) is 0 Å². The zero-order chi connectivity index (χ0) is 14.6. The summed E-state index contributed by atoms with van der Waals surface area (Å²) in [5.41, 5.74) is 0.209. The lowest BCUT2D eigenvalue weighted by molar-refractivity contribution is 0.109. The van der Waals surface area contributed by atoms with E-state index in [9.17, 15) is 8.78 Å². The molecule has 0 aromatic carbocycles. The Hall–Kier alpha value is -1.79. The van der Waals surface area contributed by atoms with Crippen LogP contribution in [0.3, 0.4) is 0 Å². The Bertz CT molecular complexity index is 519. The van der Waals surface area contributed by atoms with Crippen molar-refractivity contribution >= 4 is 0 Å². The molecule has 2 rings (SSSR count). The van der Waals surface area contributed by atoms with Crippen LogP contribution in [-0.4, -0.2) is 20.0 Å². The van der Waals surface area contributed by atoms with Gasteiger partial charge >= 0.3 is 6.43 Å². The molecule has 2 aromatic heterocycles. The fourth-order valence-electron chi connectivity index (χ4n) is 1.39. The molecule has 0 saturated carbocycles. The summed E-state index contributed by atoms with van der Waals surface area (Å²) >= 11 is 0. The zero-order valence-electron chi connectivity index (χ0n) is 11.7. The van der Waals surface area contributed by atoms with Crippen molar-refractivity contribution in [3.05, 3.63) is 29.7 Å². The molecule has 7 heteroatoms. The first-order valence-electron chi connectivity index (χ1n) is 6.05. The van der Waals surface area contributed by atoms with E-state index in [0.717, 1.165) is 5.56 Å². The molecule has 0 aliphatic heterocycles. The molecule has 0 amide bonds. The van der Waals surface area contributed by atoms with Gasteiger partial charge in [0.05, 0.1) is 6.20 Å². The van der Waals surface area contributed by atoms with Crippen LogP contribution in [0.1, 0.15) is 51.5 Å². The van der Waals surface area contributed by atoms with Crippen molar-refractivity contribution in [2.24, 2.45) is 0 Å². The standard InChI is InChI=1S/C10H12F2N4O.C2H6/c1-6-4-13-16(5-6)10(2,3)9-15-14-8(17-9)7(11)12;1-2/h4-5,7H,1-3H3;1-2H3. The average Bonchev–Trinajstić information content (AvgIpc) is 3.00. The zero-order valence-corrected chi connectivity index (χ0v) is 11.7. The summed E-state index contributed by atoms with van der Waals surface area (Å²) in [5, 5.41) is 11.1. The van der Waals surface area contributed by atoms with Crippen molar-refractivity contribution in [1.29, 1.82) is 0 Å². The maximum absolute atomic E-state index is 12.4. The van der Waals surface area contributed by atoms with Crippen LogP contribution in [0.15, 0.2) is 16.8 Å². The Labute approximate surface area is 110 Å². The first-order valence-corrected chi connectivity index (χ1v) is 6.05. The Morgan fingerprint density at radius 2 is 1.89 bits per heavy atom. The summed E-state index contributed by atoms with van der Waals surface area (Å²) in [6.45, 7) is 9.42. The highest BCUT2D eigenvalue weighted by molar-refractivity contribution is 5.07. The van der Waals surface area contributed by atoms with Crippen LogP contribution >= 0.6 is 0 Å². The van der Waals surface area contributed by atoms with E-state index < -0.39 is 17.9 Å². The number of nitrogens with zero attached hydrogens (tertiary/aromatic N) is 4. The highest BCUT2D eigenvalue weighted by Gasteiger charge is 2.31. The predicted octanol–water partition coefficient (Wildman–Crippen LogP) is 3.32. The second-order valence-electron chi connectivity index (χ2n) is 4.27. The van der Waals surface area contributed by atoms with E-state index in [4.69, 9.17) is 4.42 Å². The Balaban J connectivity index is 0.000000861. The van der Waals surface area contributed by atoms with Gasteiger partial charge in [-0.05, 0) is 26.3 Å². The minimum atomic E-state index is -2.76. The number of halogens is 2. The lowest BCUT2D eigenvalue weighted by atomic mass is 10.1. The third-order valence-corrected chi connectivity index (χ3v) is 2.44. The molecule has 0 atom stereocenters. The quantitative estimate of drug-likeness (QED) is 0.860. The van der Waals surface area contributed by atoms with E-state index in [1.54, 1.807) is 30.9 Å². The molecular formula is C12H18F2N4O. The lowest BCUT2D eigenvalue weighted by Gasteiger charge is -2.20. The Morgan fingerprint density at radius 3 is 2.32 bits per heavy atom. The van der Waals surface area contributed by atoms with Gasteiger partial charge in [0.1, 0.15) is 5.54 Å². The molecule has 0 radical (unpaired) electrons. The monoisotopic (exact) mass is 272 g/mol. The minimum absolute atomic E-state index is 0.107. The summed E-state index contributed by atoms with van der Waals surface area (Å²) in [6, 6.07) is 0. The molecule has 0 N–H and O–H groups in total. The third kappa shape index (κ3) is 3.15. The van der Waals surface area contributed by atoms with E-state index in [2.05, 4.69) is 15.3 Å². The molecule has 106 valence electrons. The van der Waals surface area contributed by atoms with Gasteiger partial charge in [-0.2, -0.15) is 13.9 Å². The Kier molecular flexibility index (Phi) is 4.74. The molecule has 0 saturated heterocycles. The third-order valence-electron chi connectivity index (χ3n) is 2.44. The van der Waals surface area contributed by atoms with E-state index in [1.165, 1.54) is 0 Å². The molecule has 0 aliphatic rings. The fourth-order valence-corrected chi connectivity index (χ4v) is 1.39. The van der Waals surface area contributed by atoms with Crippen LogP contribution < -0.4 is 0 Å². The highest BCUT2D eigenvalue weighted by Crippen LogP contribution is 2.26. The van der Waals surface area contributed by atoms with Crippen LogP contribution in [0, 0.1) is 6.92 Å². The van der Waals surface area contributed by atoms with Crippen LogP contribution in [0.25, 0.3) is 0 Å². The topological polar surface area (TPSA) is 56.7 Å². The molecular weight excluding hydrogens is 254 g/mol. The van der Waals surface area contributed by atoms with E-state index in [-0.39, 0.29) is 5.89 Å². The molecule has 5 nitrogen and oxygen atoms in total. The van der Waals surface area contributed by atoms with Crippen LogP contribution in [0.2, 0.25) is 0 Å². The molecule has 19 heavy (non-hydrogen) atoms. The van der Waals surface area contributed by atoms with Gasteiger partial charge in [0, 0.05) is 6.20 Å². The second-order valence-corrected chi connectivity index (χ2v) is 4.27. The summed E-state index contributed by atoms with van der Waals surface area (Å²) in [6.07, 6.45) is 0.699. The largest absolute Gasteiger partial charge is 0.417 e. The number of alkyl halides is 2. The first-order chi connectivity index (χ1) is 8.91. The summed E-state index contributed by atoms with van der Waals surface area (Å²) in [7, 11) is 0. The molecule has 0 unspecified atom stereocenters. The smallest absolute Gasteiger partial charge is 0.314 e. The van der Waals surface area contributed by atoms with Crippen LogP contribution in [0.4, 0.5) is 8.78 Å². The van der Waals surface area contributed by atoms with E-state index in [1.807, 2.05) is 20.8 Å². The lowest BCUT2D eigenvalue weighted by Crippen LogP contribution is -2.28. The molecule has 2 heterocycles. The maximum atomic E-state index is 12.4. The predicted molar refractivity (Wildman–Crippen MR) is 66.0 cm³/mol. The average molecular weight is 272 g/mol. The number of aromatic nitrogens is 4. The van der Waals surface area contributed by atoms with Gasteiger partial charge < -0.3 is 4.42 Å². The fraction of sp³-hybridized carbons (Fsp3) is 0.583. The number of rotatable bonds is 3. The van der Waals surface area contributed by atoms with Gasteiger partial charge in [-0.1, -0.05) is 13.8 Å². The van der Waals surface area contributed by atoms with Crippen molar-refractivity contribution in [3.8, 4) is 0 Å². The van der Waals surface area contributed by atoms with Gasteiger partial charge in [0.15, 0.2) is 0 Å². The van der Waals surface area contributed by atoms with Crippen LogP contribution in [-0.2, 0) is 5.54 Å². The van der Waals surface area contributed by atoms with Crippen molar-refractivity contribution < 1.29 is 13.2 Å². The second kappa shape index (κ2) is 5.90. The molecule has 0 aliphatic carbocycles. The van der Waals surface area contributed by atoms with Crippen molar-refractivity contribution in [2.75, 3.05) is 0 Å². The van der Waals surface area contributed by atoms with Gasteiger partial charge in [-0.3, -0.25) is 4.68 Å². The van der Waals surface area contributed by atoms with Crippen molar-refractivity contribution in [2.45, 2.75) is 46.6 Å². The Morgan fingerprint density at radius 1 is 1.26 bits per heavy atom. The van der Waals surface area contributed by atoms with Gasteiger partial charge in [-0.25, -0.2) is 0 Å². The first kappa shape index (κ1) is 15.3. The normalized spacial score (nSPS) is 11.4. The van der Waals surface area contributed by atoms with Gasteiger partial charge in [-0.15, -0.1) is 10.2 Å². The number of aryl methyl sites for hydroxylation is 1. The maximum Gasteiger partial charge on any atom is 0.314 e. The summed E-state index contributed by atoms with van der Waals surface area (Å²) in [5.74, 6) is -0.562. The SMILES string of the molecule is CC.Cc1cnn(C(C)(C)c2nnc(C(F)F)o2)c1.